The molecule has 4 rings (SSSR count). The summed E-state index contributed by atoms with van der Waals surface area (Å²) in [6.07, 6.45) is 29.8. The summed E-state index contributed by atoms with van der Waals surface area (Å²) in [4.78, 5) is 15.6. The second kappa shape index (κ2) is 22.5. The van der Waals surface area contributed by atoms with Crippen molar-refractivity contribution in [3.63, 3.8) is 0 Å². The summed E-state index contributed by atoms with van der Waals surface area (Å²) in [7, 11) is 0. The molecule has 4 heterocycles. The summed E-state index contributed by atoms with van der Waals surface area (Å²) in [5, 5.41) is 2.32. The molecule has 0 spiro atoms. The summed E-state index contributed by atoms with van der Waals surface area (Å²) in [5.41, 5.74) is 5.16. The molecule has 48 heavy (non-hydrogen) atoms. The number of unbranched alkanes of at least 4 members (excludes halogenated alkanes) is 18. The van der Waals surface area contributed by atoms with Crippen molar-refractivity contribution in [1.82, 2.24) is 9.97 Å². The molecule has 0 aromatic carbocycles. The van der Waals surface area contributed by atoms with Crippen molar-refractivity contribution in [2.75, 3.05) is 0 Å². The Kier molecular flexibility index (Phi) is 19.0. The lowest BCUT2D eigenvalue weighted by Crippen LogP contribution is -1.87. The van der Waals surface area contributed by atoms with Gasteiger partial charge in [-0.25, -0.2) is 9.97 Å². The van der Waals surface area contributed by atoms with E-state index >= 15 is 0 Å². The van der Waals surface area contributed by atoms with Gasteiger partial charge >= 0.3 is 0 Å². The zero-order chi connectivity index (χ0) is 34.1. The quantitative estimate of drug-likeness (QED) is 0.0621. The molecule has 0 aliphatic heterocycles. The van der Waals surface area contributed by atoms with E-state index in [0.717, 1.165) is 34.2 Å². The molecule has 0 unspecified atom stereocenters. The van der Waals surface area contributed by atoms with Crippen LogP contribution in [0, 0.1) is 13.8 Å². The summed E-state index contributed by atoms with van der Waals surface area (Å²) < 4.78 is 2.42. The first-order valence-electron chi connectivity index (χ1n) is 18.9. The Morgan fingerprint density at radius 3 is 1.08 bits per heavy atom. The molecule has 0 aliphatic carbocycles. The Morgan fingerprint density at radius 1 is 0.438 bits per heavy atom. The van der Waals surface area contributed by atoms with Crippen LogP contribution in [0.4, 0.5) is 0 Å². The molecule has 0 amide bonds. The molecule has 0 saturated carbocycles. The first-order valence-corrected chi connectivity index (χ1v) is 23.8. The predicted molar refractivity (Wildman–Crippen MR) is 226 cm³/mol. The highest BCUT2D eigenvalue weighted by molar-refractivity contribution is 9.11. The Morgan fingerprint density at radius 2 is 0.750 bits per heavy atom. The SMILES string of the molecule is CCCCCCCCCCCCc1cc(Br)sc1-c1nc(C)c(-c2sc(-c3sc(Br)cc3CCCCCCCCCCCC)nc2C)s1. The second-order valence-electron chi connectivity index (χ2n) is 13.5. The maximum Gasteiger partial charge on any atom is 0.134 e. The number of aryl methyl sites for hydroxylation is 4. The van der Waals surface area contributed by atoms with E-state index in [1.807, 2.05) is 45.3 Å². The number of thiophene rings is 2. The van der Waals surface area contributed by atoms with Crippen LogP contribution in [0.1, 0.15) is 165 Å². The highest BCUT2D eigenvalue weighted by Crippen LogP contribution is 2.47. The third kappa shape index (κ3) is 13.0. The average molecular weight is 855 g/mol. The minimum absolute atomic E-state index is 1.13. The van der Waals surface area contributed by atoms with E-state index in [0.29, 0.717) is 0 Å². The molecule has 0 radical (unpaired) electrons. The second-order valence-corrected chi connectivity index (χ2v) is 20.4. The number of nitrogens with zero attached hydrogens (tertiary/aromatic N) is 2. The van der Waals surface area contributed by atoms with E-state index in [2.05, 4.69) is 71.7 Å². The van der Waals surface area contributed by atoms with Gasteiger partial charge in [0.05, 0.1) is 38.5 Å². The van der Waals surface area contributed by atoms with Crippen molar-refractivity contribution in [1.29, 1.82) is 0 Å². The molecule has 8 heteroatoms. The lowest BCUT2D eigenvalue weighted by atomic mass is 10.0. The molecule has 2 nitrogen and oxygen atoms in total. The topological polar surface area (TPSA) is 25.8 Å². The van der Waals surface area contributed by atoms with E-state index in [9.17, 15) is 0 Å². The fourth-order valence-electron chi connectivity index (χ4n) is 6.54. The minimum Gasteiger partial charge on any atom is -0.240 e. The third-order valence-corrected chi connectivity index (χ3v) is 15.5. The molecule has 0 N–H and O–H groups in total. The average Bonchev–Trinajstić information content (AvgIpc) is 3.84. The number of hydrogen-bond donors (Lipinski definition) is 0. The molecule has 4 aromatic heterocycles. The van der Waals surface area contributed by atoms with Crippen LogP contribution in [-0.4, -0.2) is 9.97 Å². The number of rotatable bonds is 25. The molecular formula is C40H58Br2N2S4. The van der Waals surface area contributed by atoms with Crippen LogP contribution in [0.25, 0.3) is 29.5 Å². The van der Waals surface area contributed by atoms with Gasteiger partial charge < -0.3 is 0 Å². The van der Waals surface area contributed by atoms with E-state index in [1.54, 1.807) is 0 Å². The van der Waals surface area contributed by atoms with Gasteiger partial charge in [0.1, 0.15) is 10.0 Å². The van der Waals surface area contributed by atoms with Gasteiger partial charge in [0.2, 0.25) is 0 Å². The minimum atomic E-state index is 1.13. The largest absolute Gasteiger partial charge is 0.240 e. The first kappa shape index (κ1) is 40.4. The van der Waals surface area contributed by atoms with Crippen molar-refractivity contribution in [2.24, 2.45) is 0 Å². The van der Waals surface area contributed by atoms with Gasteiger partial charge in [0.25, 0.3) is 0 Å². The predicted octanol–water partition coefficient (Wildman–Crippen LogP) is 16.8. The fraction of sp³-hybridized carbons (Fsp3) is 0.650. The van der Waals surface area contributed by atoms with Crippen molar-refractivity contribution in [2.45, 2.75) is 169 Å². The van der Waals surface area contributed by atoms with Crippen molar-refractivity contribution < 1.29 is 0 Å². The number of hydrogen-bond acceptors (Lipinski definition) is 6. The normalized spacial score (nSPS) is 11.7. The van der Waals surface area contributed by atoms with Crippen molar-refractivity contribution in [3.05, 3.63) is 42.2 Å². The lowest BCUT2D eigenvalue weighted by Gasteiger charge is -2.03. The van der Waals surface area contributed by atoms with Gasteiger partial charge in [0.15, 0.2) is 0 Å². The molecule has 266 valence electrons. The van der Waals surface area contributed by atoms with E-state index in [4.69, 9.17) is 9.97 Å². The van der Waals surface area contributed by atoms with Crippen LogP contribution in [-0.2, 0) is 12.8 Å². The maximum atomic E-state index is 5.15. The number of halogens is 2. The summed E-state index contributed by atoms with van der Waals surface area (Å²) in [5.74, 6) is 0. The standard InChI is InChI=1S/C40H58Br2N2S4/c1-5-7-9-11-13-15-17-19-21-23-25-31-27-33(41)45-37(31)39-43-29(3)35(47-39)36-30(4)44-40(48-36)38-32(28-34(42)46-38)26-24-22-20-18-16-14-12-10-8-6-2/h27-28H,5-26H2,1-4H3. The van der Waals surface area contributed by atoms with Gasteiger partial charge in [-0.15, -0.1) is 45.3 Å². The van der Waals surface area contributed by atoms with Crippen LogP contribution in [0.5, 0.6) is 0 Å². The molecular weight excluding hydrogens is 797 g/mol. The van der Waals surface area contributed by atoms with E-state index < -0.39 is 0 Å². The lowest BCUT2D eigenvalue weighted by molar-refractivity contribution is 0.556. The monoisotopic (exact) mass is 852 g/mol. The summed E-state index contributed by atoms with van der Waals surface area (Å²) >= 11 is 15.0. The Balaban J connectivity index is 1.32. The maximum absolute atomic E-state index is 5.15. The molecule has 0 saturated heterocycles. The zero-order valence-electron chi connectivity index (χ0n) is 30.0. The molecule has 0 atom stereocenters. The third-order valence-electron chi connectivity index (χ3n) is 9.35. The van der Waals surface area contributed by atoms with Gasteiger partial charge in [-0.2, -0.15) is 0 Å². The highest BCUT2D eigenvalue weighted by Gasteiger charge is 2.22. The molecule has 4 aromatic rings. The van der Waals surface area contributed by atoms with Gasteiger partial charge in [-0.1, -0.05) is 129 Å². The Labute approximate surface area is 325 Å². The molecule has 0 bridgehead atoms. The van der Waals surface area contributed by atoms with Crippen molar-refractivity contribution in [3.8, 4) is 29.5 Å². The molecule has 0 fully saturated rings. The Bertz CT molecular complexity index is 1370. The summed E-state index contributed by atoms with van der Waals surface area (Å²) in [6, 6.07) is 4.68. The van der Waals surface area contributed by atoms with Crippen molar-refractivity contribution >= 4 is 77.2 Å². The van der Waals surface area contributed by atoms with Gasteiger partial charge in [0, 0.05) is 0 Å². The highest BCUT2D eigenvalue weighted by atomic mass is 79.9. The van der Waals surface area contributed by atoms with E-state index in [-0.39, 0.29) is 0 Å². The fourth-order valence-corrected chi connectivity index (χ4v) is 12.5. The van der Waals surface area contributed by atoms with Crippen LogP contribution >= 0.6 is 77.2 Å². The zero-order valence-corrected chi connectivity index (χ0v) is 36.4. The van der Waals surface area contributed by atoms with Crippen LogP contribution in [0.15, 0.2) is 19.7 Å². The van der Waals surface area contributed by atoms with Crippen LogP contribution in [0.2, 0.25) is 0 Å². The number of thiazole rings is 2. The summed E-state index contributed by atoms with van der Waals surface area (Å²) in [6.45, 7) is 8.95. The first-order chi connectivity index (χ1) is 23.4. The van der Waals surface area contributed by atoms with Gasteiger partial charge in [-0.05, 0) is 94.7 Å². The van der Waals surface area contributed by atoms with Gasteiger partial charge in [-0.3, -0.25) is 0 Å². The smallest absolute Gasteiger partial charge is 0.134 e. The number of aromatic nitrogens is 2. The van der Waals surface area contributed by atoms with Crippen LogP contribution < -0.4 is 0 Å². The molecule has 0 aliphatic rings. The van der Waals surface area contributed by atoms with E-state index in [1.165, 1.54) is 167 Å². The Hall–Kier alpha value is -0.380. The van der Waals surface area contributed by atoms with Crippen LogP contribution in [0.3, 0.4) is 0 Å².